The number of anilines is 1. The molecule has 8 heteroatoms. The molecule has 1 aromatic heterocycles. The standard InChI is InChI=1S/C15H22ClN5O2/c1-4-7-21-15(18-19-20-21)17-10-11-8-13(22-5-2)14(23-6-3)9-12(11)16/h8-9H,4-7,10H2,1-3H3,(H,17,18,20). The van der Waals surface area contributed by atoms with Crippen LogP contribution in [-0.4, -0.2) is 33.4 Å². The van der Waals surface area contributed by atoms with E-state index in [2.05, 4.69) is 27.8 Å². The molecule has 1 N–H and O–H groups in total. The quantitative estimate of drug-likeness (QED) is 0.756. The van der Waals surface area contributed by atoms with Crippen molar-refractivity contribution in [3.05, 3.63) is 22.7 Å². The van der Waals surface area contributed by atoms with Gasteiger partial charge >= 0.3 is 0 Å². The van der Waals surface area contributed by atoms with Gasteiger partial charge in [-0.3, -0.25) is 0 Å². The van der Waals surface area contributed by atoms with E-state index in [4.69, 9.17) is 21.1 Å². The molecule has 2 aromatic rings. The molecule has 0 aliphatic heterocycles. The zero-order valence-electron chi connectivity index (χ0n) is 13.7. The lowest BCUT2D eigenvalue weighted by Crippen LogP contribution is -2.09. The minimum absolute atomic E-state index is 0.495. The van der Waals surface area contributed by atoms with Crippen molar-refractivity contribution in [2.45, 2.75) is 40.3 Å². The molecule has 23 heavy (non-hydrogen) atoms. The predicted octanol–water partition coefficient (Wildman–Crippen LogP) is 3.15. The molecule has 0 aliphatic carbocycles. The molecule has 0 radical (unpaired) electrons. The smallest absolute Gasteiger partial charge is 0.243 e. The molecule has 0 saturated carbocycles. The highest BCUT2D eigenvalue weighted by molar-refractivity contribution is 6.31. The third kappa shape index (κ3) is 4.48. The van der Waals surface area contributed by atoms with Gasteiger partial charge < -0.3 is 14.8 Å². The van der Waals surface area contributed by atoms with Crippen molar-refractivity contribution < 1.29 is 9.47 Å². The van der Waals surface area contributed by atoms with Gasteiger partial charge in [0.1, 0.15) is 0 Å². The van der Waals surface area contributed by atoms with Crippen LogP contribution in [0, 0.1) is 0 Å². The van der Waals surface area contributed by atoms with Crippen molar-refractivity contribution in [2.75, 3.05) is 18.5 Å². The summed E-state index contributed by atoms with van der Waals surface area (Å²) in [4.78, 5) is 0. The summed E-state index contributed by atoms with van der Waals surface area (Å²) in [5, 5.41) is 15.4. The van der Waals surface area contributed by atoms with Gasteiger partial charge in [-0.05, 0) is 42.3 Å². The van der Waals surface area contributed by atoms with Gasteiger partial charge in [-0.15, -0.1) is 0 Å². The first-order chi connectivity index (χ1) is 11.2. The molecule has 0 bridgehead atoms. The molecule has 0 spiro atoms. The average molecular weight is 340 g/mol. The highest BCUT2D eigenvalue weighted by Gasteiger charge is 2.12. The number of aryl methyl sites for hydroxylation is 1. The Balaban J connectivity index is 2.15. The van der Waals surface area contributed by atoms with E-state index in [9.17, 15) is 0 Å². The van der Waals surface area contributed by atoms with Crippen molar-refractivity contribution in [1.29, 1.82) is 0 Å². The van der Waals surface area contributed by atoms with E-state index in [0.717, 1.165) is 18.5 Å². The van der Waals surface area contributed by atoms with Gasteiger partial charge in [0.15, 0.2) is 11.5 Å². The van der Waals surface area contributed by atoms with Crippen LogP contribution in [0.1, 0.15) is 32.8 Å². The number of hydrogen-bond acceptors (Lipinski definition) is 6. The number of benzene rings is 1. The van der Waals surface area contributed by atoms with Gasteiger partial charge in [0, 0.05) is 24.2 Å². The third-order valence-corrected chi connectivity index (χ3v) is 3.47. The maximum absolute atomic E-state index is 6.34. The van der Waals surface area contributed by atoms with Crippen LogP contribution < -0.4 is 14.8 Å². The second kappa shape index (κ2) is 8.57. The molecule has 0 atom stereocenters. The third-order valence-electron chi connectivity index (χ3n) is 3.12. The van der Waals surface area contributed by atoms with Gasteiger partial charge in [0.05, 0.1) is 13.2 Å². The van der Waals surface area contributed by atoms with Gasteiger partial charge in [-0.2, -0.15) is 0 Å². The number of halogens is 1. The molecule has 0 saturated heterocycles. The first-order valence-corrected chi connectivity index (χ1v) is 8.15. The maximum Gasteiger partial charge on any atom is 0.243 e. The van der Waals surface area contributed by atoms with E-state index < -0.39 is 0 Å². The van der Waals surface area contributed by atoms with Gasteiger partial charge in [0.25, 0.3) is 0 Å². The lowest BCUT2D eigenvalue weighted by atomic mass is 10.2. The molecule has 0 amide bonds. The minimum atomic E-state index is 0.495. The second-order valence-electron chi connectivity index (χ2n) is 4.84. The van der Waals surface area contributed by atoms with Crippen molar-refractivity contribution in [3.63, 3.8) is 0 Å². The average Bonchev–Trinajstić information content (AvgIpc) is 2.97. The van der Waals surface area contributed by atoms with Crippen LogP contribution in [0.15, 0.2) is 12.1 Å². The Morgan fingerprint density at radius 1 is 1.13 bits per heavy atom. The number of hydrogen-bond donors (Lipinski definition) is 1. The summed E-state index contributed by atoms with van der Waals surface area (Å²) in [7, 11) is 0. The number of rotatable bonds is 9. The van der Waals surface area contributed by atoms with E-state index >= 15 is 0 Å². The summed E-state index contributed by atoms with van der Waals surface area (Å²) in [6.45, 7) is 8.30. The number of aromatic nitrogens is 4. The Bertz CT molecular complexity index is 632. The Kier molecular flexibility index (Phi) is 6.46. The minimum Gasteiger partial charge on any atom is -0.490 e. The molecular formula is C15H22ClN5O2. The largest absolute Gasteiger partial charge is 0.490 e. The van der Waals surface area contributed by atoms with Crippen LogP contribution in [0.3, 0.4) is 0 Å². The molecule has 1 heterocycles. The summed E-state index contributed by atoms with van der Waals surface area (Å²) < 4.78 is 12.9. The Morgan fingerprint density at radius 2 is 1.83 bits per heavy atom. The molecule has 126 valence electrons. The fourth-order valence-electron chi connectivity index (χ4n) is 2.12. The fourth-order valence-corrected chi connectivity index (χ4v) is 2.34. The summed E-state index contributed by atoms with van der Waals surface area (Å²) in [6, 6.07) is 3.67. The zero-order valence-corrected chi connectivity index (χ0v) is 14.4. The molecule has 2 rings (SSSR count). The number of tetrazole rings is 1. The van der Waals surface area contributed by atoms with E-state index in [0.29, 0.717) is 42.2 Å². The predicted molar refractivity (Wildman–Crippen MR) is 89.2 cm³/mol. The van der Waals surface area contributed by atoms with Gasteiger partial charge in [0.2, 0.25) is 5.95 Å². The van der Waals surface area contributed by atoms with E-state index in [1.807, 2.05) is 19.9 Å². The lowest BCUT2D eigenvalue weighted by molar-refractivity contribution is 0.287. The molecule has 0 aliphatic rings. The van der Waals surface area contributed by atoms with E-state index in [1.165, 1.54) is 0 Å². The van der Waals surface area contributed by atoms with Crippen molar-refractivity contribution in [3.8, 4) is 11.5 Å². The second-order valence-corrected chi connectivity index (χ2v) is 5.24. The maximum atomic E-state index is 6.34. The van der Waals surface area contributed by atoms with Crippen LogP contribution in [0.4, 0.5) is 5.95 Å². The van der Waals surface area contributed by atoms with E-state index in [-0.39, 0.29) is 0 Å². The number of ether oxygens (including phenoxy) is 2. The van der Waals surface area contributed by atoms with Crippen LogP contribution >= 0.6 is 11.6 Å². The summed E-state index contributed by atoms with van der Waals surface area (Å²) in [5.41, 5.74) is 0.893. The van der Waals surface area contributed by atoms with Crippen LogP contribution in [0.5, 0.6) is 11.5 Å². The summed E-state index contributed by atoms with van der Waals surface area (Å²) >= 11 is 6.34. The van der Waals surface area contributed by atoms with Crippen molar-refractivity contribution in [2.24, 2.45) is 0 Å². The summed E-state index contributed by atoms with van der Waals surface area (Å²) in [6.07, 6.45) is 0.956. The Hall–Kier alpha value is -2.02. The van der Waals surface area contributed by atoms with Crippen LogP contribution in [0.25, 0.3) is 0 Å². The molecule has 0 unspecified atom stereocenters. The SMILES string of the molecule is CCCn1nnnc1NCc1cc(OCC)c(OCC)cc1Cl. The van der Waals surface area contributed by atoms with Crippen LogP contribution in [-0.2, 0) is 13.1 Å². The molecule has 7 nitrogen and oxygen atoms in total. The highest BCUT2D eigenvalue weighted by Crippen LogP contribution is 2.34. The van der Waals surface area contributed by atoms with Crippen molar-refractivity contribution >= 4 is 17.5 Å². The van der Waals surface area contributed by atoms with E-state index in [1.54, 1.807) is 10.7 Å². The monoisotopic (exact) mass is 339 g/mol. The Labute approximate surface area is 140 Å². The lowest BCUT2D eigenvalue weighted by Gasteiger charge is -2.14. The first-order valence-electron chi connectivity index (χ1n) is 7.77. The fraction of sp³-hybridized carbons (Fsp3) is 0.533. The van der Waals surface area contributed by atoms with Gasteiger partial charge in [-0.25, -0.2) is 4.68 Å². The van der Waals surface area contributed by atoms with Crippen LogP contribution in [0.2, 0.25) is 5.02 Å². The molecule has 1 aromatic carbocycles. The first kappa shape index (κ1) is 17.3. The molecular weight excluding hydrogens is 318 g/mol. The zero-order chi connectivity index (χ0) is 16.7. The number of nitrogens with zero attached hydrogens (tertiary/aromatic N) is 4. The topological polar surface area (TPSA) is 74.1 Å². The normalized spacial score (nSPS) is 10.6. The van der Waals surface area contributed by atoms with Gasteiger partial charge in [-0.1, -0.05) is 23.6 Å². The highest BCUT2D eigenvalue weighted by atomic mass is 35.5. The summed E-state index contributed by atoms with van der Waals surface area (Å²) in [5.74, 6) is 1.96. The number of nitrogens with one attached hydrogen (secondary N) is 1. The Morgan fingerprint density at radius 3 is 2.48 bits per heavy atom. The molecule has 0 fully saturated rings. The van der Waals surface area contributed by atoms with Crippen molar-refractivity contribution in [1.82, 2.24) is 20.2 Å².